The third-order valence-corrected chi connectivity index (χ3v) is 4.90. The Balaban J connectivity index is 1.36. The van der Waals surface area contributed by atoms with Gasteiger partial charge in [-0.05, 0) is 65.6 Å². The summed E-state index contributed by atoms with van der Waals surface area (Å²) in [6.45, 7) is 2.75. The van der Waals surface area contributed by atoms with Crippen molar-refractivity contribution in [2.45, 2.75) is 26.2 Å². The number of ether oxygens (including phenoxy) is 1. The van der Waals surface area contributed by atoms with Gasteiger partial charge in [-0.3, -0.25) is 0 Å². The molecule has 0 aliphatic heterocycles. The van der Waals surface area contributed by atoms with Crippen LogP contribution in [0.25, 0.3) is 10.8 Å². The summed E-state index contributed by atoms with van der Waals surface area (Å²) in [7, 11) is 0. The molecule has 0 aliphatic carbocycles. The number of hydrogen-bond donors (Lipinski definition) is 0. The zero-order valence-electron chi connectivity index (χ0n) is 17.4. The number of benzene rings is 3. The molecule has 1 heterocycles. The molecule has 4 heteroatoms. The minimum atomic E-state index is -0.226. The van der Waals surface area contributed by atoms with Crippen LogP contribution >= 0.6 is 0 Å². The number of aryl methyl sites for hydroxylation is 2. The van der Waals surface area contributed by atoms with Crippen molar-refractivity contribution in [1.82, 2.24) is 9.97 Å². The highest BCUT2D eigenvalue weighted by Crippen LogP contribution is 2.17. The average molecular weight is 410 g/mol. The highest BCUT2D eigenvalue weighted by molar-refractivity contribution is 5.83. The van der Waals surface area contributed by atoms with E-state index in [9.17, 15) is 4.39 Å². The number of fused-ring (bicyclic) bond motifs is 1. The van der Waals surface area contributed by atoms with E-state index >= 15 is 0 Å². The third-order valence-electron chi connectivity index (χ3n) is 4.90. The van der Waals surface area contributed by atoms with Gasteiger partial charge >= 0.3 is 0 Å². The van der Waals surface area contributed by atoms with Gasteiger partial charge in [0.2, 0.25) is 0 Å². The lowest BCUT2D eigenvalue weighted by atomic mass is 10.1. The fourth-order valence-corrected chi connectivity index (χ4v) is 3.22. The molecule has 0 fully saturated rings. The van der Waals surface area contributed by atoms with E-state index in [-0.39, 0.29) is 5.82 Å². The zero-order valence-corrected chi connectivity index (χ0v) is 17.4. The van der Waals surface area contributed by atoms with Crippen LogP contribution < -0.4 is 4.74 Å². The van der Waals surface area contributed by atoms with Gasteiger partial charge in [0.15, 0.2) is 5.75 Å². The molecule has 0 saturated heterocycles. The summed E-state index contributed by atoms with van der Waals surface area (Å²) in [6.07, 6.45) is 6.08. The summed E-state index contributed by atoms with van der Waals surface area (Å²) < 4.78 is 18.8. The minimum Gasteiger partial charge on any atom is -0.490 e. The lowest BCUT2D eigenvalue weighted by molar-refractivity contribution is 0.314. The van der Waals surface area contributed by atoms with Crippen molar-refractivity contribution in [3.8, 4) is 17.6 Å². The van der Waals surface area contributed by atoms with Crippen molar-refractivity contribution in [3.63, 3.8) is 0 Å². The van der Waals surface area contributed by atoms with Crippen molar-refractivity contribution in [3.05, 3.63) is 101 Å². The summed E-state index contributed by atoms with van der Waals surface area (Å²) in [5, 5.41) is 1.86. The number of rotatable bonds is 6. The maximum Gasteiger partial charge on any atom is 0.155 e. The largest absolute Gasteiger partial charge is 0.490 e. The first kappa shape index (κ1) is 20.6. The molecule has 31 heavy (non-hydrogen) atoms. The molecule has 4 rings (SSSR count). The van der Waals surface area contributed by atoms with Gasteiger partial charge in [-0.15, -0.1) is 0 Å². The quantitative estimate of drug-likeness (QED) is 0.380. The van der Waals surface area contributed by atoms with E-state index in [2.05, 4.69) is 40.9 Å². The Morgan fingerprint density at radius 2 is 1.48 bits per heavy atom. The number of nitrogens with zero attached hydrogens (tertiary/aromatic N) is 2. The van der Waals surface area contributed by atoms with Gasteiger partial charge in [0.25, 0.3) is 0 Å². The Hall–Kier alpha value is -3.71. The van der Waals surface area contributed by atoms with Crippen molar-refractivity contribution >= 4 is 10.8 Å². The average Bonchev–Trinajstić information content (AvgIpc) is 2.81. The summed E-state index contributed by atoms with van der Waals surface area (Å²) in [4.78, 5) is 8.75. The molecule has 154 valence electrons. The molecule has 0 aliphatic rings. The van der Waals surface area contributed by atoms with Crippen molar-refractivity contribution in [1.29, 1.82) is 0 Å². The van der Waals surface area contributed by atoms with E-state index in [0.717, 1.165) is 47.0 Å². The summed E-state index contributed by atoms with van der Waals surface area (Å²) in [6, 6.07) is 18.8. The fourth-order valence-electron chi connectivity index (χ4n) is 3.22. The summed E-state index contributed by atoms with van der Waals surface area (Å²) >= 11 is 0. The van der Waals surface area contributed by atoms with Crippen LogP contribution in [0.15, 0.2) is 73.1 Å². The first-order valence-corrected chi connectivity index (χ1v) is 10.4. The van der Waals surface area contributed by atoms with Crippen LogP contribution in [-0.2, 0) is 12.8 Å². The first-order valence-electron chi connectivity index (χ1n) is 10.4. The number of aromatic nitrogens is 2. The Morgan fingerprint density at radius 1 is 0.806 bits per heavy atom. The molecule has 0 N–H and O–H groups in total. The van der Waals surface area contributed by atoms with Crippen molar-refractivity contribution in [2.75, 3.05) is 6.61 Å². The molecule has 0 radical (unpaired) electrons. The molecule has 3 aromatic carbocycles. The molecular formula is C27H23FN2O. The Kier molecular flexibility index (Phi) is 6.54. The van der Waals surface area contributed by atoms with Gasteiger partial charge in [0.05, 0.1) is 19.0 Å². The van der Waals surface area contributed by atoms with Crippen molar-refractivity contribution in [2.24, 2.45) is 0 Å². The van der Waals surface area contributed by atoms with Crippen LogP contribution in [0.3, 0.4) is 0 Å². The monoisotopic (exact) mass is 410 g/mol. The molecule has 0 saturated carbocycles. The lowest BCUT2D eigenvalue weighted by Crippen LogP contribution is -2.00. The normalized spacial score (nSPS) is 10.5. The number of halogens is 1. The lowest BCUT2D eigenvalue weighted by Gasteiger charge is -2.05. The zero-order chi connectivity index (χ0) is 21.5. The van der Waals surface area contributed by atoms with Crippen LogP contribution in [-0.4, -0.2) is 16.6 Å². The Bertz CT molecular complexity index is 1220. The first-order chi connectivity index (χ1) is 15.2. The molecule has 0 amide bonds. The van der Waals surface area contributed by atoms with Gasteiger partial charge in [-0.25, -0.2) is 14.4 Å². The van der Waals surface area contributed by atoms with Crippen LogP contribution in [0.4, 0.5) is 4.39 Å². The maximum atomic E-state index is 13.3. The standard InChI is InChI=1S/C27H23FN2O/c1-2-15-31-26-18-29-27(30-19-26)14-10-21-5-3-20(4-6-21)7-8-22-9-11-24-17-25(28)13-12-23(24)16-22/h3-6,9,11-13,16-19H,2,10,14-15H2,1H3. The minimum absolute atomic E-state index is 0.226. The predicted molar refractivity (Wildman–Crippen MR) is 122 cm³/mol. The molecule has 0 atom stereocenters. The highest BCUT2D eigenvalue weighted by atomic mass is 19.1. The maximum absolute atomic E-state index is 13.3. The van der Waals surface area contributed by atoms with E-state index in [1.54, 1.807) is 18.5 Å². The van der Waals surface area contributed by atoms with Gasteiger partial charge in [0.1, 0.15) is 11.6 Å². The van der Waals surface area contributed by atoms with Crippen molar-refractivity contribution < 1.29 is 9.13 Å². The van der Waals surface area contributed by atoms with Gasteiger partial charge in [-0.1, -0.05) is 43.0 Å². The Morgan fingerprint density at radius 3 is 2.26 bits per heavy atom. The molecule has 0 spiro atoms. The van der Waals surface area contributed by atoms with E-state index < -0.39 is 0 Å². The summed E-state index contributed by atoms with van der Waals surface area (Å²) in [5.74, 6) is 7.69. The van der Waals surface area contributed by atoms with Gasteiger partial charge in [-0.2, -0.15) is 0 Å². The SMILES string of the molecule is CCCOc1cnc(CCc2ccc(C#Cc3ccc4cc(F)ccc4c3)cc2)nc1. The van der Waals surface area contributed by atoms with Crippen LogP contribution in [0.5, 0.6) is 5.75 Å². The van der Waals surface area contributed by atoms with E-state index in [4.69, 9.17) is 4.74 Å². The van der Waals surface area contributed by atoms with E-state index in [1.165, 1.54) is 17.7 Å². The molecule has 3 nitrogen and oxygen atoms in total. The van der Waals surface area contributed by atoms with Crippen LogP contribution in [0.2, 0.25) is 0 Å². The highest BCUT2D eigenvalue weighted by Gasteiger charge is 2.01. The Labute approximate surface area is 181 Å². The van der Waals surface area contributed by atoms with E-state index in [1.807, 2.05) is 30.3 Å². The summed E-state index contributed by atoms with van der Waals surface area (Å²) in [5.41, 5.74) is 3.08. The van der Waals surface area contributed by atoms with Crippen LogP contribution in [0.1, 0.15) is 35.9 Å². The smallest absolute Gasteiger partial charge is 0.155 e. The second-order valence-corrected chi connectivity index (χ2v) is 7.34. The molecular weight excluding hydrogens is 387 g/mol. The predicted octanol–water partition coefficient (Wildman–Crippen LogP) is 5.74. The van der Waals surface area contributed by atoms with Gasteiger partial charge < -0.3 is 4.74 Å². The molecule has 0 unspecified atom stereocenters. The molecule has 1 aromatic heterocycles. The van der Waals surface area contributed by atoms with E-state index in [0.29, 0.717) is 12.4 Å². The molecule has 0 bridgehead atoms. The topological polar surface area (TPSA) is 35.0 Å². The second kappa shape index (κ2) is 9.86. The number of hydrogen-bond acceptors (Lipinski definition) is 3. The fraction of sp³-hybridized carbons (Fsp3) is 0.185. The van der Waals surface area contributed by atoms with Crippen LogP contribution in [0, 0.1) is 17.7 Å². The van der Waals surface area contributed by atoms with Gasteiger partial charge in [0, 0.05) is 17.5 Å². The third kappa shape index (κ3) is 5.67. The second-order valence-electron chi connectivity index (χ2n) is 7.34. The molecule has 4 aromatic rings.